The van der Waals surface area contributed by atoms with E-state index in [4.69, 9.17) is 32.7 Å². The Morgan fingerprint density at radius 2 is 0.609 bits per heavy atom. The molecule has 6 heteroatoms. The lowest BCUT2D eigenvalue weighted by molar-refractivity contribution is 0.415. The quantitative estimate of drug-likeness (QED) is 0.154. The van der Waals surface area contributed by atoms with E-state index in [1.54, 1.807) is 14.2 Å². The van der Waals surface area contributed by atoms with E-state index >= 15 is 0 Å². The third-order valence-electron chi connectivity index (χ3n) is 7.43. The Bertz CT molecular complexity index is 1850. The van der Waals surface area contributed by atoms with Gasteiger partial charge in [0.05, 0.1) is 14.2 Å². The second kappa shape index (κ2) is 14.2. The van der Waals surface area contributed by atoms with Gasteiger partial charge in [-0.2, -0.15) is 0 Å². The van der Waals surface area contributed by atoms with Crippen LogP contribution in [0.1, 0.15) is 11.1 Å². The highest BCUT2D eigenvalue weighted by atomic mass is 35.5. The van der Waals surface area contributed by atoms with Crippen molar-refractivity contribution in [3.8, 4) is 23.3 Å². The highest BCUT2D eigenvalue weighted by molar-refractivity contribution is 6.31. The molecule has 0 spiro atoms. The van der Waals surface area contributed by atoms with E-state index in [0.717, 1.165) is 56.8 Å². The number of benzene rings is 6. The smallest absolute Gasteiger partial charge is 0.119 e. The van der Waals surface area contributed by atoms with E-state index in [-0.39, 0.29) is 0 Å². The van der Waals surface area contributed by atoms with Crippen LogP contribution in [0, 0.1) is 11.8 Å². The summed E-state index contributed by atoms with van der Waals surface area (Å²) >= 11 is 12.3. The summed E-state index contributed by atoms with van der Waals surface area (Å²) in [6, 6.07) is 48.0. The molecule has 0 aliphatic heterocycles. The van der Waals surface area contributed by atoms with Gasteiger partial charge in [-0.3, -0.25) is 0 Å². The van der Waals surface area contributed by atoms with Gasteiger partial charge < -0.3 is 19.3 Å². The van der Waals surface area contributed by atoms with Crippen LogP contribution in [0.4, 0.5) is 34.1 Å². The van der Waals surface area contributed by atoms with Crippen LogP contribution in [0.25, 0.3) is 0 Å². The summed E-state index contributed by atoms with van der Waals surface area (Å²) in [4.78, 5) is 4.34. The van der Waals surface area contributed by atoms with Gasteiger partial charge in [-0.15, -0.1) is 0 Å². The number of anilines is 6. The van der Waals surface area contributed by atoms with Gasteiger partial charge in [0.25, 0.3) is 0 Å². The Labute approximate surface area is 280 Å². The molecule has 0 aliphatic rings. The topological polar surface area (TPSA) is 24.9 Å². The Morgan fingerprint density at radius 1 is 0.370 bits per heavy atom. The maximum absolute atomic E-state index is 6.17. The summed E-state index contributed by atoms with van der Waals surface area (Å²) in [5.74, 6) is 8.24. The number of methoxy groups -OCH3 is 2. The third kappa shape index (κ3) is 7.14. The molecule has 6 aromatic carbocycles. The Balaban J connectivity index is 1.25. The molecule has 6 aromatic rings. The van der Waals surface area contributed by atoms with Gasteiger partial charge >= 0.3 is 0 Å². The largest absolute Gasteiger partial charge is 0.497 e. The van der Waals surface area contributed by atoms with Crippen molar-refractivity contribution in [3.05, 3.63) is 167 Å². The number of nitrogens with zero attached hydrogens (tertiary/aromatic N) is 2. The Kier molecular flexibility index (Phi) is 9.45. The summed E-state index contributed by atoms with van der Waals surface area (Å²) < 4.78 is 10.7. The number of hydrogen-bond acceptors (Lipinski definition) is 4. The SMILES string of the molecule is COc1ccc(N(c2ccc(C#Cc3ccc(N(c4ccc(Cl)cc4)c4ccc(Cl)cc4)cc3)cc2)c2ccc(OC)cc2)cc1. The molecule has 226 valence electrons. The Morgan fingerprint density at radius 3 is 0.870 bits per heavy atom. The molecule has 6 rings (SSSR count). The van der Waals surface area contributed by atoms with Gasteiger partial charge in [0.15, 0.2) is 0 Å². The Hall–Kier alpha value is -5.34. The van der Waals surface area contributed by atoms with Crippen LogP contribution in [0.5, 0.6) is 11.5 Å². The van der Waals surface area contributed by atoms with Crippen LogP contribution in [0.15, 0.2) is 146 Å². The molecule has 0 bridgehead atoms. The van der Waals surface area contributed by atoms with Gasteiger partial charge in [0.1, 0.15) is 11.5 Å². The molecule has 0 saturated carbocycles. The van der Waals surface area contributed by atoms with E-state index in [9.17, 15) is 0 Å². The van der Waals surface area contributed by atoms with Gasteiger partial charge in [-0.25, -0.2) is 0 Å². The highest BCUT2D eigenvalue weighted by Gasteiger charge is 2.14. The van der Waals surface area contributed by atoms with E-state index in [2.05, 4.69) is 45.9 Å². The minimum absolute atomic E-state index is 0.688. The first-order valence-corrected chi connectivity index (χ1v) is 15.4. The number of ether oxygens (including phenoxy) is 2. The van der Waals surface area contributed by atoms with Crippen molar-refractivity contribution in [1.82, 2.24) is 0 Å². The van der Waals surface area contributed by atoms with Gasteiger partial charge in [0.2, 0.25) is 0 Å². The number of rotatable bonds is 8. The predicted octanol–water partition coefficient (Wildman–Crippen LogP) is 11.3. The van der Waals surface area contributed by atoms with Crippen LogP contribution >= 0.6 is 23.2 Å². The number of hydrogen-bond donors (Lipinski definition) is 0. The fourth-order valence-corrected chi connectivity index (χ4v) is 5.32. The van der Waals surface area contributed by atoms with Crippen LogP contribution in [-0.2, 0) is 0 Å². The van der Waals surface area contributed by atoms with Crippen LogP contribution in [-0.4, -0.2) is 14.2 Å². The molecule has 0 aromatic heterocycles. The van der Waals surface area contributed by atoms with E-state index in [1.165, 1.54) is 0 Å². The maximum Gasteiger partial charge on any atom is 0.119 e. The molecule has 46 heavy (non-hydrogen) atoms. The lowest BCUT2D eigenvalue weighted by Gasteiger charge is -2.25. The zero-order valence-electron chi connectivity index (χ0n) is 25.3. The fourth-order valence-electron chi connectivity index (χ4n) is 5.07. The van der Waals surface area contributed by atoms with Crippen molar-refractivity contribution in [2.24, 2.45) is 0 Å². The summed E-state index contributed by atoms with van der Waals surface area (Å²) in [7, 11) is 3.34. The average Bonchev–Trinajstić information content (AvgIpc) is 3.11. The minimum atomic E-state index is 0.688. The molecule has 0 unspecified atom stereocenters. The van der Waals surface area contributed by atoms with Crippen molar-refractivity contribution in [1.29, 1.82) is 0 Å². The summed E-state index contributed by atoms with van der Waals surface area (Å²) in [6.45, 7) is 0. The predicted molar refractivity (Wildman–Crippen MR) is 191 cm³/mol. The molecule has 0 heterocycles. The normalized spacial score (nSPS) is 10.4. The standard InChI is InChI=1S/C40H30Cl2N2O2/c1-45-39-25-21-37(22-26-39)44(38-23-27-40(46-2)28-24-38)34-15-7-30(8-16-34)4-3-29-5-13-33(14-6-29)43(35-17-9-31(41)10-18-35)36-19-11-32(42)12-20-36/h5-28H,1-2H3. The molecule has 0 saturated heterocycles. The molecule has 0 amide bonds. The molecule has 0 radical (unpaired) electrons. The maximum atomic E-state index is 6.17. The van der Waals surface area contributed by atoms with E-state index in [0.29, 0.717) is 10.0 Å². The minimum Gasteiger partial charge on any atom is -0.497 e. The molecule has 0 atom stereocenters. The first-order chi connectivity index (χ1) is 22.5. The summed E-state index contributed by atoms with van der Waals surface area (Å²) in [5.41, 5.74) is 7.84. The van der Waals surface area contributed by atoms with Crippen LogP contribution in [0.2, 0.25) is 10.0 Å². The summed E-state index contributed by atoms with van der Waals surface area (Å²) in [5, 5.41) is 1.38. The van der Waals surface area contributed by atoms with Gasteiger partial charge in [0, 0.05) is 55.3 Å². The van der Waals surface area contributed by atoms with Crippen molar-refractivity contribution in [2.45, 2.75) is 0 Å². The molecule has 0 N–H and O–H groups in total. The summed E-state index contributed by atoms with van der Waals surface area (Å²) in [6.07, 6.45) is 0. The van der Waals surface area contributed by atoms with E-state index in [1.807, 2.05) is 121 Å². The monoisotopic (exact) mass is 640 g/mol. The molecular weight excluding hydrogens is 611 g/mol. The molecule has 0 fully saturated rings. The fraction of sp³-hybridized carbons (Fsp3) is 0.0500. The lowest BCUT2D eigenvalue weighted by Crippen LogP contribution is -2.09. The zero-order valence-corrected chi connectivity index (χ0v) is 26.8. The van der Waals surface area contributed by atoms with Crippen molar-refractivity contribution >= 4 is 57.3 Å². The molecule has 0 aliphatic carbocycles. The second-order valence-corrected chi connectivity index (χ2v) is 11.2. The van der Waals surface area contributed by atoms with Crippen LogP contribution < -0.4 is 19.3 Å². The average molecular weight is 642 g/mol. The van der Waals surface area contributed by atoms with Gasteiger partial charge in [-0.05, 0) is 146 Å². The molecular formula is C40H30Cl2N2O2. The van der Waals surface area contributed by atoms with Gasteiger partial charge in [-0.1, -0.05) is 35.0 Å². The van der Waals surface area contributed by atoms with Crippen molar-refractivity contribution in [3.63, 3.8) is 0 Å². The third-order valence-corrected chi connectivity index (χ3v) is 7.94. The first kappa shape index (κ1) is 30.7. The lowest BCUT2D eigenvalue weighted by atomic mass is 10.1. The number of halogens is 2. The van der Waals surface area contributed by atoms with E-state index < -0.39 is 0 Å². The molecule has 4 nitrogen and oxygen atoms in total. The van der Waals surface area contributed by atoms with Crippen molar-refractivity contribution < 1.29 is 9.47 Å². The first-order valence-electron chi connectivity index (χ1n) is 14.6. The van der Waals surface area contributed by atoms with Crippen LogP contribution in [0.3, 0.4) is 0 Å². The highest BCUT2D eigenvalue weighted by Crippen LogP contribution is 2.37. The zero-order chi connectivity index (χ0) is 31.9. The van der Waals surface area contributed by atoms with Crippen molar-refractivity contribution in [2.75, 3.05) is 24.0 Å². The second-order valence-electron chi connectivity index (χ2n) is 10.4.